The molecule has 0 nitrogen and oxygen atoms in total. The normalized spacial score (nSPS) is 24.0. The maximum Gasteiger partial charge on any atom is 0.00454 e. The third-order valence-corrected chi connectivity index (χ3v) is 15.2. The average molecular weight is 337 g/mol. The van der Waals surface area contributed by atoms with Crippen molar-refractivity contribution in [1.29, 1.82) is 0 Å². The van der Waals surface area contributed by atoms with Crippen molar-refractivity contribution < 1.29 is 0 Å². The van der Waals surface area contributed by atoms with Crippen LogP contribution in [0.4, 0.5) is 0 Å². The minimum absolute atomic E-state index is 1.32. The minimum atomic E-state index is 1.32. The molecule has 0 saturated carbocycles. The number of hydrogen-bond donors (Lipinski definition) is 0. The third-order valence-electron chi connectivity index (χ3n) is 1.91. The number of hydrogen-bond acceptors (Lipinski definition) is 7. The summed E-state index contributed by atoms with van der Waals surface area (Å²) < 4.78 is 0. The fourth-order valence-corrected chi connectivity index (χ4v) is 15.7. The van der Waals surface area contributed by atoms with Gasteiger partial charge in [0.15, 0.2) is 0 Å². The van der Waals surface area contributed by atoms with Crippen molar-refractivity contribution in [2.75, 3.05) is 11.5 Å². The molecule has 0 spiro atoms. The molecule has 1 rings (SSSR count). The van der Waals surface area contributed by atoms with Crippen LogP contribution in [0.25, 0.3) is 0 Å². The van der Waals surface area contributed by atoms with Gasteiger partial charge < -0.3 is 0 Å². The molecule has 0 aromatic carbocycles. The van der Waals surface area contributed by atoms with Gasteiger partial charge in [-0.15, -0.1) is 0 Å². The van der Waals surface area contributed by atoms with Gasteiger partial charge in [0.05, 0.1) is 0 Å². The van der Waals surface area contributed by atoms with Gasteiger partial charge in [-0.25, -0.2) is 0 Å². The van der Waals surface area contributed by atoms with E-state index >= 15 is 0 Å². The lowest BCUT2D eigenvalue weighted by Gasteiger charge is -2.00. The highest BCUT2D eigenvalue weighted by molar-refractivity contribution is 9.45. The zero-order valence-electron chi connectivity index (χ0n) is 8.51. The van der Waals surface area contributed by atoms with E-state index in [-0.39, 0.29) is 0 Å². The molecule has 7 heteroatoms. The van der Waals surface area contributed by atoms with Gasteiger partial charge in [0.25, 0.3) is 0 Å². The molecule has 1 saturated heterocycles. The average Bonchev–Trinajstić information content (AvgIpc) is 2.27. The first-order valence-electron chi connectivity index (χ1n) is 5.08. The van der Waals surface area contributed by atoms with Crippen LogP contribution < -0.4 is 0 Å². The van der Waals surface area contributed by atoms with Crippen molar-refractivity contribution in [2.24, 2.45) is 0 Å². The van der Waals surface area contributed by atoms with Crippen LogP contribution >= 0.6 is 70.7 Å². The van der Waals surface area contributed by atoms with E-state index in [1.165, 1.54) is 50.0 Å². The van der Waals surface area contributed by atoms with Crippen LogP contribution in [-0.4, -0.2) is 11.5 Å². The summed E-state index contributed by atoms with van der Waals surface area (Å²) >= 11 is 0. The molecular formula is C8H16S7. The summed E-state index contributed by atoms with van der Waals surface area (Å²) in [7, 11) is 13.6. The molecule has 0 aliphatic carbocycles. The van der Waals surface area contributed by atoms with Crippen molar-refractivity contribution in [3.05, 3.63) is 0 Å². The lowest BCUT2D eigenvalue weighted by Crippen LogP contribution is -1.82. The lowest BCUT2D eigenvalue weighted by molar-refractivity contribution is 0.630. The molecular weight excluding hydrogens is 321 g/mol. The summed E-state index contributed by atoms with van der Waals surface area (Å²) in [4.78, 5) is 0. The minimum Gasteiger partial charge on any atom is -0.0817 e. The molecule has 0 atom stereocenters. The van der Waals surface area contributed by atoms with E-state index in [2.05, 4.69) is 0 Å². The highest BCUT2D eigenvalue weighted by Crippen LogP contribution is 2.55. The second-order valence-corrected chi connectivity index (χ2v) is 14.7. The van der Waals surface area contributed by atoms with Crippen molar-refractivity contribution >= 4 is 70.7 Å². The van der Waals surface area contributed by atoms with Gasteiger partial charge in [0.1, 0.15) is 0 Å². The monoisotopic (exact) mass is 336 g/mol. The van der Waals surface area contributed by atoms with Gasteiger partial charge >= 0.3 is 0 Å². The molecule has 1 fully saturated rings. The zero-order valence-corrected chi connectivity index (χ0v) is 14.2. The zero-order chi connectivity index (χ0) is 10.6. The Bertz CT molecular complexity index is 73.6. The Morgan fingerprint density at radius 3 is 1.33 bits per heavy atom. The van der Waals surface area contributed by atoms with Gasteiger partial charge in [-0.2, -0.15) is 0 Å². The van der Waals surface area contributed by atoms with Gasteiger partial charge in [-0.3, -0.25) is 0 Å². The van der Waals surface area contributed by atoms with Crippen molar-refractivity contribution in [1.82, 2.24) is 0 Å². The van der Waals surface area contributed by atoms with Crippen LogP contribution in [0, 0.1) is 0 Å². The van der Waals surface area contributed by atoms with Crippen LogP contribution in [-0.2, 0) is 0 Å². The molecule has 1 aliphatic rings. The van der Waals surface area contributed by atoms with Crippen LogP contribution in [0.2, 0.25) is 0 Å². The summed E-state index contributed by atoms with van der Waals surface area (Å²) in [6.45, 7) is 0. The first-order chi connectivity index (χ1) is 7.50. The molecule has 0 N–H and O–H groups in total. The largest absolute Gasteiger partial charge is 0.0817 e. The first-order valence-corrected chi connectivity index (χ1v) is 14.2. The highest BCUT2D eigenvalue weighted by Gasteiger charge is 1.98. The van der Waals surface area contributed by atoms with Crippen molar-refractivity contribution in [2.45, 2.75) is 38.5 Å². The van der Waals surface area contributed by atoms with Gasteiger partial charge in [-0.1, -0.05) is 47.3 Å². The van der Waals surface area contributed by atoms with Crippen LogP contribution in [0.1, 0.15) is 38.5 Å². The smallest absolute Gasteiger partial charge is 0.00454 e. The van der Waals surface area contributed by atoms with E-state index in [4.69, 9.17) is 0 Å². The summed E-state index contributed by atoms with van der Waals surface area (Å²) in [5, 5.41) is 0. The molecule has 1 aliphatic heterocycles. The fraction of sp³-hybridized carbons (Fsp3) is 1.00. The summed E-state index contributed by atoms with van der Waals surface area (Å²) in [6.07, 6.45) is 8.56. The second-order valence-electron chi connectivity index (χ2n) is 3.11. The Morgan fingerprint density at radius 2 is 0.800 bits per heavy atom. The Morgan fingerprint density at radius 1 is 0.400 bits per heavy atom. The molecule has 0 aromatic heterocycles. The predicted molar refractivity (Wildman–Crippen MR) is 90.6 cm³/mol. The molecule has 0 aromatic rings. The van der Waals surface area contributed by atoms with E-state index in [1.807, 2.05) is 70.7 Å². The lowest BCUT2D eigenvalue weighted by atomic mass is 10.1. The van der Waals surface area contributed by atoms with Gasteiger partial charge in [0.2, 0.25) is 0 Å². The van der Waals surface area contributed by atoms with Crippen LogP contribution in [0.5, 0.6) is 0 Å². The summed E-state index contributed by atoms with van der Waals surface area (Å²) in [5.74, 6) is 2.65. The second kappa shape index (κ2) is 12.9. The topological polar surface area (TPSA) is 0 Å². The van der Waals surface area contributed by atoms with Crippen molar-refractivity contribution in [3.8, 4) is 0 Å². The highest BCUT2D eigenvalue weighted by atomic mass is 33.9. The van der Waals surface area contributed by atoms with E-state index in [0.29, 0.717) is 0 Å². The maximum absolute atomic E-state index is 2.01. The van der Waals surface area contributed by atoms with Crippen LogP contribution in [0.15, 0.2) is 0 Å². The molecule has 90 valence electrons. The molecule has 1 heterocycles. The Balaban J connectivity index is 2.01. The predicted octanol–water partition coefficient (Wildman–Crippen LogP) is 6.96. The quantitative estimate of drug-likeness (QED) is 0.433. The maximum atomic E-state index is 2.01. The third kappa shape index (κ3) is 11.3. The van der Waals surface area contributed by atoms with Crippen molar-refractivity contribution in [3.63, 3.8) is 0 Å². The van der Waals surface area contributed by atoms with Gasteiger partial charge in [0, 0.05) is 11.5 Å². The SMILES string of the molecule is C1CCCCSSSSSSSCCC1. The van der Waals surface area contributed by atoms with E-state index < -0.39 is 0 Å². The first kappa shape index (κ1) is 15.5. The van der Waals surface area contributed by atoms with E-state index in [9.17, 15) is 0 Å². The Hall–Kier alpha value is 2.45. The Kier molecular flexibility index (Phi) is 13.3. The summed E-state index contributed by atoms with van der Waals surface area (Å²) in [6, 6.07) is 0. The molecule has 15 heavy (non-hydrogen) atoms. The van der Waals surface area contributed by atoms with Crippen LogP contribution in [0.3, 0.4) is 0 Å². The summed E-state index contributed by atoms with van der Waals surface area (Å²) in [5.41, 5.74) is 0. The standard InChI is InChI=1S/C8H16S7/c1-2-4-6-8-10-12-14-15-13-11-9-7-5-3-1/h1-8H2. The number of rotatable bonds is 0. The fourth-order valence-electron chi connectivity index (χ4n) is 1.17. The van der Waals surface area contributed by atoms with Gasteiger partial charge in [-0.05, 0) is 62.0 Å². The molecule has 0 radical (unpaired) electrons. The van der Waals surface area contributed by atoms with E-state index in [1.54, 1.807) is 0 Å². The molecule has 0 amide bonds. The molecule has 0 unspecified atom stereocenters. The van der Waals surface area contributed by atoms with E-state index in [0.717, 1.165) is 0 Å². The Labute approximate surface area is 120 Å². The molecule has 0 bridgehead atoms.